The van der Waals surface area contributed by atoms with Crippen LogP contribution in [0.1, 0.15) is 105 Å². The zero-order valence-electron chi connectivity index (χ0n) is 22.7. The summed E-state index contributed by atoms with van der Waals surface area (Å²) in [5, 5.41) is 0. The second kappa shape index (κ2) is 17.3. The molecule has 2 aromatic rings. The van der Waals surface area contributed by atoms with Gasteiger partial charge in [-0.15, -0.1) is 0 Å². The van der Waals surface area contributed by atoms with Crippen molar-refractivity contribution in [2.24, 2.45) is 0 Å². The maximum absolute atomic E-state index is 6.14. The topological polar surface area (TPSA) is 16.3 Å². The highest BCUT2D eigenvalue weighted by Gasteiger charge is 2.15. The van der Waals surface area contributed by atoms with Crippen molar-refractivity contribution in [2.75, 3.05) is 26.2 Å². The van der Waals surface area contributed by atoms with Crippen LogP contribution in [0.25, 0.3) is 11.0 Å². The van der Waals surface area contributed by atoms with Crippen molar-refractivity contribution < 1.29 is 0 Å². The maximum atomic E-state index is 6.14. The molecule has 0 radical (unpaired) electrons. The molecule has 0 saturated heterocycles. The molecule has 194 valence electrons. The van der Waals surface area contributed by atoms with Crippen molar-refractivity contribution in [3.05, 3.63) is 29.0 Å². The second-order valence-electron chi connectivity index (χ2n) is 9.97. The lowest BCUT2D eigenvalue weighted by molar-refractivity contribution is 0.199. The van der Waals surface area contributed by atoms with E-state index in [1.807, 2.05) is 0 Å². The van der Waals surface area contributed by atoms with Gasteiger partial charge in [-0.3, -0.25) is 9.80 Å². The van der Waals surface area contributed by atoms with E-state index in [2.05, 4.69) is 70.9 Å². The van der Waals surface area contributed by atoms with Gasteiger partial charge >= 0.3 is 0 Å². The van der Waals surface area contributed by atoms with E-state index in [1.54, 1.807) is 0 Å². The molecule has 2 rings (SSSR count). The molecule has 0 bridgehead atoms. The third-order valence-corrected chi connectivity index (χ3v) is 7.36. The summed E-state index contributed by atoms with van der Waals surface area (Å²) in [6.45, 7) is 15.6. The number of rotatable bonds is 20. The van der Waals surface area contributed by atoms with Crippen LogP contribution in [0, 0.1) is 4.77 Å². The minimum Gasteiger partial charge on any atom is -0.303 e. The third-order valence-electron chi connectivity index (χ3n) is 6.92. The first kappa shape index (κ1) is 29.1. The molecular weight excluding hydrogens is 436 g/mol. The van der Waals surface area contributed by atoms with Crippen molar-refractivity contribution >= 4 is 23.3 Å². The van der Waals surface area contributed by atoms with Crippen molar-refractivity contribution in [3.8, 4) is 0 Å². The van der Waals surface area contributed by atoms with Gasteiger partial charge in [0.15, 0.2) is 4.77 Å². The quantitative estimate of drug-likeness (QED) is 0.137. The average molecular weight is 489 g/mol. The summed E-state index contributed by atoms with van der Waals surface area (Å²) in [5.41, 5.74) is 2.57. The minimum absolute atomic E-state index is 0.908. The Morgan fingerprint density at radius 1 is 0.559 bits per heavy atom. The molecule has 0 aliphatic carbocycles. The van der Waals surface area contributed by atoms with Crippen LogP contribution in [-0.4, -0.2) is 45.1 Å². The molecule has 1 heterocycles. The van der Waals surface area contributed by atoms with E-state index in [0.717, 1.165) is 18.1 Å². The van der Waals surface area contributed by atoms with Gasteiger partial charge in [0, 0.05) is 0 Å². The summed E-state index contributed by atoms with van der Waals surface area (Å²) in [6.07, 6.45) is 15.4. The number of hydrogen-bond donors (Lipinski definition) is 0. The van der Waals surface area contributed by atoms with E-state index in [1.165, 1.54) is 114 Å². The average Bonchev–Trinajstić information content (AvgIpc) is 3.10. The zero-order valence-corrected chi connectivity index (χ0v) is 23.6. The van der Waals surface area contributed by atoms with Gasteiger partial charge in [0.2, 0.25) is 0 Å². The van der Waals surface area contributed by atoms with E-state index < -0.39 is 0 Å². The van der Waals surface area contributed by atoms with Crippen LogP contribution in [0.4, 0.5) is 0 Å². The summed E-state index contributed by atoms with van der Waals surface area (Å²) in [4.78, 5) is 5.27. The molecule has 0 aliphatic rings. The summed E-state index contributed by atoms with van der Waals surface area (Å²) >= 11 is 6.14. The lowest BCUT2D eigenvalue weighted by Gasteiger charge is -2.24. The fraction of sp³-hybridized carbons (Fsp3) is 0.759. The number of unbranched alkanes of at least 4 members (excludes halogenated alkanes) is 8. The normalized spacial score (nSPS) is 11.9. The van der Waals surface area contributed by atoms with Gasteiger partial charge in [0.05, 0.1) is 24.4 Å². The fourth-order valence-electron chi connectivity index (χ4n) is 4.79. The summed E-state index contributed by atoms with van der Waals surface area (Å²) in [6, 6.07) is 8.85. The summed E-state index contributed by atoms with van der Waals surface area (Å²) < 4.78 is 5.78. The van der Waals surface area contributed by atoms with Crippen molar-refractivity contribution in [3.63, 3.8) is 0 Å². The molecular formula is C29H52N4S. The molecule has 0 atom stereocenters. The minimum atomic E-state index is 0.908. The van der Waals surface area contributed by atoms with Crippen molar-refractivity contribution in [1.82, 2.24) is 18.9 Å². The standard InChI is InChI=1S/C29H52N4S/c1-5-9-15-21-30(22-16-10-6-2)25-32-27-19-13-14-20-28(27)33(29(32)34)26-31(23-17-11-7-3)24-18-12-8-4/h13-14,19-20H,5-12,15-18,21-26H2,1-4H3. The molecule has 0 fully saturated rings. The van der Waals surface area contributed by atoms with Gasteiger partial charge < -0.3 is 9.13 Å². The van der Waals surface area contributed by atoms with E-state index in [-0.39, 0.29) is 0 Å². The molecule has 1 aromatic carbocycles. The van der Waals surface area contributed by atoms with Crippen LogP contribution >= 0.6 is 12.2 Å². The number of para-hydroxylation sites is 2. The predicted octanol–water partition coefficient (Wildman–Crippen LogP) is 8.45. The van der Waals surface area contributed by atoms with Crippen molar-refractivity contribution in [1.29, 1.82) is 0 Å². The van der Waals surface area contributed by atoms with Crippen LogP contribution in [-0.2, 0) is 13.3 Å². The number of aromatic nitrogens is 2. The van der Waals surface area contributed by atoms with Gasteiger partial charge in [-0.1, -0.05) is 91.2 Å². The monoisotopic (exact) mass is 488 g/mol. The fourth-order valence-corrected chi connectivity index (χ4v) is 5.11. The molecule has 0 spiro atoms. The maximum Gasteiger partial charge on any atom is 0.183 e. The van der Waals surface area contributed by atoms with Crippen molar-refractivity contribution in [2.45, 2.75) is 118 Å². The number of hydrogen-bond acceptors (Lipinski definition) is 3. The highest BCUT2D eigenvalue weighted by molar-refractivity contribution is 7.71. The second-order valence-corrected chi connectivity index (χ2v) is 10.3. The highest BCUT2D eigenvalue weighted by Crippen LogP contribution is 2.20. The molecule has 5 heteroatoms. The molecule has 1 aromatic heterocycles. The van der Waals surface area contributed by atoms with Gasteiger partial charge in [0.25, 0.3) is 0 Å². The predicted molar refractivity (Wildman–Crippen MR) is 152 cm³/mol. The Labute approximate surface area is 215 Å². The van der Waals surface area contributed by atoms with Gasteiger partial charge in [-0.05, 0) is 76.2 Å². The van der Waals surface area contributed by atoms with E-state index in [0.29, 0.717) is 0 Å². The molecule has 0 N–H and O–H groups in total. The van der Waals surface area contributed by atoms with Gasteiger partial charge in [-0.25, -0.2) is 0 Å². The van der Waals surface area contributed by atoms with Crippen LogP contribution in [0.3, 0.4) is 0 Å². The summed E-state index contributed by atoms with van der Waals surface area (Å²) in [5.74, 6) is 0. The zero-order chi connectivity index (χ0) is 24.6. The first-order valence-corrected chi connectivity index (χ1v) is 14.7. The molecule has 34 heavy (non-hydrogen) atoms. The molecule has 0 unspecified atom stereocenters. The van der Waals surface area contributed by atoms with E-state index in [4.69, 9.17) is 12.2 Å². The first-order valence-electron chi connectivity index (χ1n) is 14.3. The Bertz CT molecular complexity index is 754. The van der Waals surface area contributed by atoms with E-state index in [9.17, 15) is 0 Å². The van der Waals surface area contributed by atoms with Crippen LogP contribution in [0.5, 0.6) is 0 Å². The first-order chi connectivity index (χ1) is 16.7. The van der Waals surface area contributed by atoms with Gasteiger partial charge in [0.1, 0.15) is 0 Å². The molecule has 0 amide bonds. The lowest BCUT2D eigenvalue weighted by atomic mass is 10.2. The van der Waals surface area contributed by atoms with Crippen LogP contribution in [0.2, 0.25) is 0 Å². The lowest BCUT2D eigenvalue weighted by Crippen LogP contribution is -2.30. The number of benzene rings is 1. The summed E-state index contributed by atoms with van der Waals surface area (Å²) in [7, 11) is 0. The Morgan fingerprint density at radius 3 is 1.18 bits per heavy atom. The Morgan fingerprint density at radius 2 is 0.882 bits per heavy atom. The SMILES string of the molecule is CCCCCN(CCCCC)Cn1c(=S)n(CN(CCCCC)CCCCC)c2ccccc21. The molecule has 4 nitrogen and oxygen atoms in total. The Kier molecular flexibility index (Phi) is 14.8. The largest absolute Gasteiger partial charge is 0.303 e. The smallest absolute Gasteiger partial charge is 0.183 e. The Hall–Kier alpha value is -1.17. The molecule has 0 saturated carbocycles. The van der Waals surface area contributed by atoms with Crippen LogP contribution in [0.15, 0.2) is 24.3 Å². The van der Waals surface area contributed by atoms with Crippen LogP contribution < -0.4 is 0 Å². The third kappa shape index (κ3) is 9.47. The number of nitrogens with zero attached hydrogens (tertiary/aromatic N) is 4. The number of imidazole rings is 1. The molecule has 0 aliphatic heterocycles. The Balaban J connectivity index is 2.27. The number of fused-ring (bicyclic) bond motifs is 1. The van der Waals surface area contributed by atoms with Gasteiger partial charge in [-0.2, -0.15) is 0 Å². The highest BCUT2D eigenvalue weighted by atomic mass is 32.1. The van der Waals surface area contributed by atoms with E-state index >= 15 is 0 Å².